The molecule has 0 unspecified atom stereocenters. The molecule has 0 atom stereocenters. The lowest BCUT2D eigenvalue weighted by molar-refractivity contribution is -0.117. The zero-order valence-electron chi connectivity index (χ0n) is 17.0. The van der Waals surface area contributed by atoms with Crippen molar-refractivity contribution in [2.75, 3.05) is 38.7 Å². The van der Waals surface area contributed by atoms with Gasteiger partial charge in [-0.1, -0.05) is 6.07 Å². The van der Waals surface area contributed by atoms with Gasteiger partial charge < -0.3 is 19.2 Å². The summed E-state index contributed by atoms with van der Waals surface area (Å²) < 4.78 is 43.9. The summed E-state index contributed by atoms with van der Waals surface area (Å²) in [7, 11) is -2.49. The molecule has 0 saturated carbocycles. The Morgan fingerprint density at radius 3 is 2.75 bits per heavy atom. The summed E-state index contributed by atoms with van der Waals surface area (Å²) in [5, 5.41) is 8.43. The first-order chi connectivity index (χ1) is 15.4. The van der Waals surface area contributed by atoms with Crippen molar-refractivity contribution in [3.05, 3.63) is 46.3 Å². The molecule has 1 saturated heterocycles. The number of hydrogen-bond donors (Lipinski definition) is 1. The lowest BCUT2D eigenvalue weighted by Crippen LogP contribution is -2.40. The van der Waals surface area contributed by atoms with Crippen LogP contribution < -0.4 is 15.8 Å². The molecule has 1 N–H and O–H groups in total. The topological polar surface area (TPSA) is 133 Å². The number of thiophene rings is 1. The molecule has 170 valence electrons. The van der Waals surface area contributed by atoms with Crippen LogP contribution in [0.15, 0.2) is 49.8 Å². The van der Waals surface area contributed by atoms with Crippen molar-refractivity contribution >= 4 is 33.0 Å². The van der Waals surface area contributed by atoms with Gasteiger partial charge in [-0.05, 0) is 29.6 Å². The van der Waals surface area contributed by atoms with E-state index < -0.39 is 28.2 Å². The number of benzene rings is 1. The maximum Gasteiger partial charge on any atom is 0.437 e. The highest BCUT2D eigenvalue weighted by Crippen LogP contribution is 2.30. The fourth-order valence-electron chi connectivity index (χ4n) is 3.12. The number of sulfonamides is 1. The Labute approximate surface area is 187 Å². The molecule has 0 radical (unpaired) electrons. The van der Waals surface area contributed by atoms with Gasteiger partial charge in [0.05, 0.1) is 25.2 Å². The maximum atomic E-state index is 13.1. The fourth-order valence-corrected chi connectivity index (χ4v) is 5.36. The van der Waals surface area contributed by atoms with Crippen LogP contribution in [0.2, 0.25) is 0 Å². The highest BCUT2D eigenvalue weighted by atomic mass is 32.2. The fraction of sp³-hybridized carbons (Fsp3) is 0.316. The zero-order chi connectivity index (χ0) is 22.7. The third-order valence-corrected chi connectivity index (χ3v) is 7.44. The van der Waals surface area contributed by atoms with E-state index in [2.05, 4.69) is 10.4 Å². The van der Waals surface area contributed by atoms with Crippen LogP contribution in [-0.4, -0.2) is 61.8 Å². The number of hydrogen-bond acceptors (Lipinski definition) is 9. The summed E-state index contributed by atoms with van der Waals surface area (Å²) in [5.41, 5.74) is 0.234. The smallest absolute Gasteiger partial charge is 0.437 e. The molecule has 0 spiro atoms. The van der Waals surface area contributed by atoms with E-state index >= 15 is 0 Å². The van der Waals surface area contributed by atoms with Crippen LogP contribution in [0.3, 0.4) is 0 Å². The number of anilines is 1. The number of methoxy groups -OCH3 is 1. The predicted octanol–water partition coefficient (Wildman–Crippen LogP) is 1.23. The van der Waals surface area contributed by atoms with Crippen molar-refractivity contribution in [1.29, 1.82) is 0 Å². The lowest BCUT2D eigenvalue weighted by Gasteiger charge is -2.26. The molecule has 32 heavy (non-hydrogen) atoms. The van der Waals surface area contributed by atoms with Gasteiger partial charge in [0, 0.05) is 18.8 Å². The normalized spacial score (nSPS) is 14.9. The number of carbonyl (C=O) groups is 1. The highest BCUT2D eigenvalue weighted by molar-refractivity contribution is 7.89. The Morgan fingerprint density at radius 2 is 2.06 bits per heavy atom. The molecule has 3 aromatic rings. The van der Waals surface area contributed by atoms with Crippen LogP contribution in [0.4, 0.5) is 5.69 Å². The number of nitrogens with zero attached hydrogens (tertiary/aromatic N) is 3. The van der Waals surface area contributed by atoms with Gasteiger partial charge in [0.15, 0.2) is 0 Å². The van der Waals surface area contributed by atoms with Gasteiger partial charge in [-0.2, -0.15) is 8.99 Å². The summed E-state index contributed by atoms with van der Waals surface area (Å²) in [6.45, 7) is 0.661. The first kappa shape index (κ1) is 22.2. The van der Waals surface area contributed by atoms with Crippen molar-refractivity contribution in [3.8, 4) is 16.5 Å². The predicted molar refractivity (Wildman–Crippen MR) is 115 cm³/mol. The van der Waals surface area contributed by atoms with Gasteiger partial charge in [-0.25, -0.2) is 13.2 Å². The van der Waals surface area contributed by atoms with Crippen LogP contribution >= 0.6 is 11.3 Å². The number of ether oxygens (including phenoxy) is 2. The molecule has 1 amide bonds. The number of aromatic nitrogens is 2. The number of nitrogens with one attached hydrogen (secondary N) is 1. The number of morpholine rings is 1. The summed E-state index contributed by atoms with van der Waals surface area (Å²) in [5.74, 6) is -1.06. The van der Waals surface area contributed by atoms with Crippen molar-refractivity contribution in [2.45, 2.75) is 11.4 Å². The standard InChI is InChI=1S/C19H20N4O7S2/c1-28-14-5-4-13(11-16(14)32(26,27)22-6-8-29-9-7-22)20-17(24)12-23-19(25)30-18(21-23)15-3-2-10-31-15/h2-5,10-11H,6-9,12H2,1H3,(H,20,24). The molecular formula is C19H20N4O7S2. The van der Waals surface area contributed by atoms with Gasteiger partial charge in [0.2, 0.25) is 15.9 Å². The third kappa shape index (κ3) is 4.60. The summed E-state index contributed by atoms with van der Waals surface area (Å²) in [6, 6.07) is 7.83. The Bertz CT molecular complexity index is 1260. The molecular weight excluding hydrogens is 460 g/mol. The molecule has 1 aromatic carbocycles. The van der Waals surface area contributed by atoms with E-state index in [0.717, 1.165) is 4.68 Å². The van der Waals surface area contributed by atoms with Crippen LogP contribution in [0.1, 0.15) is 0 Å². The van der Waals surface area contributed by atoms with Gasteiger partial charge in [-0.3, -0.25) is 4.79 Å². The highest BCUT2D eigenvalue weighted by Gasteiger charge is 2.29. The molecule has 4 rings (SSSR count). The number of carbonyl (C=O) groups excluding carboxylic acids is 1. The summed E-state index contributed by atoms with van der Waals surface area (Å²) in [4.78, 5) is 25.1. The lowest BCUT2D eigenvalue weighted by atomic mass is 10.3. The number of rotatable bonds is 7. The quantitative estimate of drug-likeness (QED) is 0.534. The Kier molecular flexibility index (Phi) is 6.41. The molecule has 1 aliphatic heterocycles. The minimum atomic E-state index is -3.85. The second-order valence-corrected chi connectivity index (χ2v) is 9.59. The minimum Gasteiger partial charge on any atom is -0.495 e. The second kappa shape index (κ2) is 9.24. The number of amides is 1. The second-order valence-electron chi connectivity index (χ2n) is 6.74. The van der Waals surface area contributed by atoms with E-state index in [-0.39, 0.29) is 35.3 Å². The molecule has 1 aliphatic rings. The average molecular weight is 481 g/mol. The van der Waals surface area contributed by atoms with E-state index in [9.17, 15) is 18.0 Å². The van der Waals surface area contributed by atoms with Gasteiger partial charge >= 0.3 is 5.76 Å². The van der Waals surface area contributed by atoms with Crippen molar-refractivity contribution in [3.63, 3.8) is 0 Å². The minimum absolute atomic E-state index is 0.0710. The Morgan fingerprint density at radius 1 is 1.28 bits per heavy atom. The van der Waals surface area contributed by atoms with E-state index in [1.54, 1.807) is 12.1 Å². The zero-order valence-corrected chi connectivity index (χ0v) is 18.6. The molecule has 11 nitrogen and oxygen atoms in total. The first-order valence-electron chi connectivity index (χ1n) is 9.56. The Hall–Kier alpha value is -3.00. The van der Waals surface area contributed by atoms with Crippen LogP contribution in [0.25, 0.3) is 10.8 Å². The molecule has 0 aliphatic carbocycles. The van der Waals surface area contributed by atoms with Crippen molar-refractivity contribution < 1.29 is 27.1 Å². The van der Waals surface area contributed by atoms with E-state index in [1.165, 1.54) is 41.0 Å². The summed E-state index contributed by atoms with van der Waals surface area (Å²) >= 11 is 1.35. The molecule has 1 fully saturated rings. The summed E-state index contributed by atoms with van der Waals surface area (Å²) in [6.07, 6.45) is 0. The average Bonchev–Trinajstić information content (AvgIpc) is 3.44. The van der Waals surface area contributed by atoms with Crippen molar-refractivity contribution in [2.24, 2.45) is 0 Å². The van der Waals surface area contributed by atoms with E-state index in [1.807, 2.05) is 5.38 Å². The maximum absolute atomic E-state index is 13.1. The van der Waals surface area contributed by atoms with Gasteiger partial charge in [0.1, 0.15) is 17.2 Å². The van der Waals surface area contributed by atoms with E-state index in [4.69, 9.17) is 13.9 Å². The van der Waals surface area contributed by atoms with Gasteiger partial charge in [0.25, 0.3) is 5.89 Å². The Balaban J connectivity index is 1.53. The molecule has 13 heteroatoms. The SMILES string of the molecule is COc1ccc(NC(=O)Cn2nc(-c3cccs3)oc2=O)cc1S(=O)(=O)N1CCOCC1. The van der Waals surface area contributed by atoms with Gasteiger partial charge in [-0.15, -0.1) is 16.4 Å². The molecule has 3 heterocycles. The van der Waals surface area contributed by atoms with Crippen LogP contribution in [0, 0.1) is 0 Å². The largest absolute Gasteiger partial charge is 0.495 e. The first-order valence-corrected chi connectivity index (χ1v) is 11.9. The van der Waals surface area contributed by atoms with Crippen LogP contribution in [-0.2, 0) is 26.1 Å². The third-order valence-electron chi connectivity index (χ3n) is 4.67. The van der Waals surface area contributed by atoms with E-state index in [0.29, 0.717) is 18.1 Å². The monoisotopic (exact) mass is 480 g/mol. The molecule has 2 aromatic heterocycles. The van der Waals surface area contributed by atoms with Crippen LogP contribution in [0.5, 0.6) is 5.75 Å². The van der Waals surface area contributed by atoms with Crippen molar-refractivity contribution in [1.82, 2.24) is 14.1 Å². The molecule has 0 bridgehead atoms.